The highest BCUT2D eigenvalue weighted by atomic mass is 16.4. The summed E-state index contributed by atoms with van der Waals surface area (Å²) in [5, 5.41) is 11.6. The molecule has 2 rings (SSSR count). The van der Waals surface area contributed by atoms with Crippen LogP contribution in [-0.2, 0) is 0 Å². The van der Waals surface area contributed by atoms with E-state index in [1.807, 2.05) is 6.92 Å². The monoisotopic (exact) mass is 237 g/mol. The van der Waals surface area contributed by atoms with Gasteiger partial charge in [-0.3, -0.25) is 4.79 Å². The third kappa shape index (κ3) is 2.18. The van der Waals surface area contributed by atoms with Gasteiger partial charge in [0.25, 0.3) is 5.91 Å². The van der Waals surface area contributed by atoms with Crippen molar-refractivity contribution in [3.63, 3.8) is 0 Å². The van der Waals surface area contributed by atoms with Crippen molar-refractivity contribution in [1.82, 2.24) is 5.32 Å². The highest BCUT2D eigenvalue weighted by molar-refractivity contribution is 5.94. The van der Waals surface area contributed by atoms with Crippen LogP contribution in [0, 0.1) is 0 Å². The summed E-state index contributed by atoms with van der Waals surface area (Å²) in [5.41, 5.74) is -0.118. The molecule has 0 unspecified atom stereocenters. The van der Waals surface area contributed by atoms with Crippen LogP contribution >= 0.6 is 0 Å². The van der Waals surface area contributed by atoms with Crippen molar-refractivity contribution in [3.8, 4) is 0 Å². The van der Waals surface area contributed by atoms with Crippen LogP contribution in [0.2, 0.25) is 0 Å². The lowest BCUT2D eigenvalue weighted by Gasteiger charge is -2.41. The molecule has 0 spiro atoms. The lowest BCUT2D eigenvalue weighted by molar-refractivity contribution is 0.0656. The molecule has 1 fully saturated rings. The lowest BCUT2D eigenvalue weighted by atomic mass is 9.75. The first-order valence-corrected chi connectivity index (χ1v) is 5.72. The van der Waals surface area contributed by atoms with Gasteiger partial charge in [-0.1, -0.05) is 6.92 Å². The number of carbonyl (C=O) groups excluding carboxylic acids is 1. The summed E-state index contributed by atoms with van der Waals surface area (Å²) in [6, 6.07) is 2.68. The minimum absolute atomic E-state index is 0.0575. The number of hydrogen-bond donors (Lipinski definition) is 2. The van der Waals surface area contributed by atoms with Crippen LogP contribution in [0.15, 0.2) is 16.5 Å². The van der Waals surface area contributed by atoms with E-state index < -0.39 is 5.97 Å². The molecule has 1 saturated carbocycles. The Kier molecular flexibility index (Phi) is 2.92. The maximum Gasteiger partial charge on any atom is 0.371 e. The molecule has 0 bridgehead atoms. The van der Waals surface area contributed by atoms with Crippen LogP contribution in [0.1, 0.15) is 53.7 Å². The fourth-order valence-electron chi connectivity index (χ4n) is 2.05. The predicted octanol–water partition coefficient (Wildman–Crippen LogP) is 2.04. The molecule has 1 aromatic heterocycles. The lowest BCUT2D eigenvalue weighted by Crippen LogP contribution is -2.52. The summed E-state index contributed by atoms with van der Waals surface area (Å²) < 4.78 is 4.95. The van der Waals surface area contributed by atoms with Crippen LogP contribution in [0.4, 0.5) is 0 Å². The van der Waals surface area contributed by atoms with Gasteiger partial charge in [0.2, 0.25) is 5.76 Å². The highest BCUT2D eigenvalue weighted by Gasteiger charge is 2.37. The molecule has 1 amide bonds. The summed E-state index contributed by atoms with van der Waals surface area (Å²) in [7, 11) is 0. The second kappa shape index (κ2) is 4.24. The minimum atomic E-state index is -1.17. The molecule has 92 valence electrons. The number of rotatable bonds is 4. The van der Waals surface area contributed by atoms with E-state index >= 15 is 0 Å². The molecule has 5 heteroatoms. The van der Waals surface area contributed by atoms with E-state index in [9.17, 15) is 9.59 Å². The highest BCUT2D eigenvalue weighted by Crippen LogP contribution is 2.34. The van der Waals surface area contributed by atoms with Crippen molar-refractivity contribution in [2.45, 2.75) is 38.1 Å². The first-order valence-electron chi connectivity index (χ1n) is 5.72. The third-order valence-corrected chi connectivity index (χ3v) is 3.41. The van der Waals surface area contributed by atoms with Gasteiger partial charge < -0.3 is 14.8 Å². The van der Waals surface area contributed by atoms with Gasteiger partial charge in [0, 0.05) is 5.54 Å². The van der Waals surface area contributed by atoms with Crippen LogP contribution in [0.25, 0.3) is 0 Å². The smallest absolute Gasteiger partial charge is 0.371 e. The number of carboxylic acid groups (broad SMARTS) is 1. The summed E-state index contributed by atoms with van der Waals surface area (Å²) >= 11 is 0. The van der Waals surface area contributed by atoms with Crippen molar-refractivity contribution in [2.24, 2.45) is 0 Å². The summed E-state index contributed by atoms with van der Waals surface area (Å²) in [6.07, 6.45) is 3.95. The maximum atomic E-state index is 11.9. The topological polar surface area (TPSA) is 79.5 Å². The van der Waals surface area contributed by atoms with E-state index in [1.54, 1.807) is 0 Å². The SMILES string of the molecule is CCC1(NC(=O)c2ccc(C(=O)O)o2)CCC1. The first kappa shape index (κ1) is 11.7. The van der Waals surface area contributed by atoms with Gasteiger partial charge in [-0.2, -0.15) is 0 Å². The molecule has 1 aliphatic rings. The number of aromatic carboxylic acids is 1. The zero-order chi connectivity index (χ0) is 12.5. The Balaban J connectivity index is 2.06. The zero-order valence-electron chi connectivity index (χ0n) is 9.66. The Hall–Kier alpha value is -1.78. The molecule has 0 aromatic carbocycles. The normalized spacial score (nSPS) is 17.2. The van der Waals surface area contributed by atoms with E-state index in [0.717, 1.165) is 25.7 Å². The van der Waals surface area contributed by atoms with Crippen LogP contribution in [-0.4, -0.2) is 22.5 Å². The third-order valence-electron chi connectivity index (χ3n) is 3.41. The number of hydrogen-bond acceptors (Lipinski definition) is 3. The van der Waals surface area contributed by atoms with E-state index in [0.29, 0.717) is 0 Å². The van der Waals surface area contributed by atoms with Gasteiger partial charge in [-0.25, -0.2) is 4.79 Å². The molecular weight excluding hydrogens is 222 g/mol. The van der Waals surface area contributed by atoms with Crippen molar-refractivity contribution in [1.29, 1.82) is 0 Å². The molecule has 5 nitrogen and oxygen atoms in total. The number of furan rings is 1. The number of nitrogens with one attached hydrogen (secondary N) is 1. The van der Waals surface area contributed by atoms with Gasteiger partial charge in [0.15, 0.2) is 5.76 Å². The van der Waals surface area contributed by atoms with Gasteiger partial charge in [0.1, 0.15) is 0 Å². The Morgan fingerprint density at radius 2 is 2.06 bits per heavy atom. The van der Waals surface area contributed by atoms with Gasteiger partial charge in [-0.15, -0.1) is 0 Å². The summed E-state index contributed by atoms with van der Waals surface area (Å²) in [5.74, 6) is -1.66. The molecule has 0 aliphatic heterocycles. The van der Waals surface area contributed by atoms with Crippen LogP contribution in [0.5, 0.6) is 0 Å². The van der Waals surface area contributed by atoms with Gasteiger partial charge >= 0.3 is 5.97 Å². The summed E-state index contributed by atoms with van der Waals surface area (Å²) in [4.78, 5) is 22.5. The zero-order valence-corrected chi connectivity index (χ0v) is 9.66. The average molecular weight is 237 g/mol. The fraction of sp³-hybridized carbons (Fsp3) is 0.500. The van der Waals surface area contributed by atoms with E-state index in [4.69, 9.17) is 9.52 Å². The van der Waals surface area contributed by atoms with Gasteiger partial charge in [-0.05, 0) is 37.8 Å². The Labute approximate surface area is 98.8 Å². The molecular formula is C12H15NO4. The van der Waals surface area contributed by atoms with E-state index in [2.05, 4.69) is 5.32 Å². The minimum Gasteiger partial charge on any atom is -0.475 e. The molecule has 17 heavy (non-hydrogen) atoms. The second-order valence-corrected chi connectivity index (χ2v) is 4.41. The van der Waals surface area contributed by atoms with E-state index in [-0.39, 0.29) is 23.0 Å². The molecule has 1 heterocycles. The molecule has 0 saturated heterocycles. The second-order valence-electron chi connectivity index (χ2n) is 4.41. The first-order chi connectivity index (χ1) is 8.06. The van der Waals surface area contributed by atoms with Crippen LogP contribution in [0.3, 0.4) is 0 Å². The fourth-order valence-corrected chi connectivity index (χ4v) is 2.05. The number of carboxylic acids is 1. The molecule has 1 aromatic rings. The quantitative estimate of drug-likeness (QED) is 0.839. The Morgan fingerprint density at radius 1 is 1.41 bits per heavy atom. The average Bonchev–Trinajstić information content (AvgIpc) is 2.72. The maximum absolute atomic E-state index is 11.9. The Morgan fingerprint density at radius 3 is 2.47 bits per heavy atom. The Bertz CT molecular complexity index is 440. The largest absolute Gasteiger partial charge is 0.475 e. The van der Waals surface area contributed by atoms with Crippen molar-refractivity contribution < 1.29 is 19.1 Å². The molecule has 1 aliphatic carbocycles. The summed E-state index contributed by atoms with van der Waals surface area (Å²) in [6.45, 7) is 2.03. The van der Waals surface area contributed by atoms with Crippen molar-refractivity contribution in [2.75, 3.05) is 0 Å². The van der Waals surface area contributed by atoms with Crippen molar-refractivity contribution >= 4 is 11.9 Å². The van der Waals surface area contributed by atoms with Crippen LogP contribution < -0.4 is 5.32 Å². The number of amides is 1. The number of carbonyl (C=O) groups is 2. The predicted molar refractivity (Wildman–Crippen MR) is 60.0 cm³/mol. The molecule has 0 atom stereocenters. The molecule has 2 N–H and O–H groups in total. The van der Waals surface area contributed by atoms with Crippen molar-refractivity contribution in [3.05, 3.63) is 23.7 Å². The standard InChI is InChI=1S/C12H15NO4/c1-2-12(6-3-7-12)13-10(14)8-4-5-9(17-8)11(15)16/h4-5H,2-3,6-7H2,1H3,(H,13,14)(H,15,16). The van der Waals surface area contributed by atoms with E-state index in [1.165, 1.54) is 12.1 Å². The molecule has 0 radical (unpaired) electrons. The van der Waals surface area contributed by atoms with Gasteiger partial charge in [0.05, 0.1) is 0 Å².